The Hall–Kier alpha value is -2.80. The number of carboxylic acids is 2. The topological polar surface area (TPSA) is 121 Å². The van der Waals surface area contributed by atoms with Gasteiger partial charge in [-0.05, 0) is 51.2 Å². The Morgan fingerprint density at radius 2 is 1.07 bits per heavy atom. The maximum absolute atomic E-state index is 12.9. The van der Waals surface area contributed by atoms with Gasteiger partial charge in [0.15, 0.2) is 0 Å². The quantitative estimate of drug-likeness (QED) is 0.484. The third-order valence-corrected chi connectivity index (χ3v) is 5.02. The van der Waals surface area contributed by atoms with Gasteiger partial charge in [-0.3, -0.25) is 0 Å². The van der Waals surface area contributed by atoms with Gasteiger partial charge in [0.05, 0.1) is 11.1 Å². The summed E-state index contributed by atoms with van der Waals surface area (Å²) in [7, 11) is 0. The van der Waals surface area contributed by atoms with Crippen LogP contribution in [-0.4, -0.2) is 59.9 Å². The van der Waals surface area contributed by atoms with Gasteiger partial charge in [0.1, 0.15) is 0 Å². The van der Waals surface area contributed by atoms with Gasteiger partial charge in [0, 0.05) is 0 Å². The molecule has 0 bridgehead atoms. The second kappa shape index (κ2) is 8.52. The average molecular weight is 426 g/mol. The summed E-state index contributed by atoms with van der Waals surface area (Å²) in [6, 6.07) is 16.3. The largest absolute Gasteiger partial charge is 2.00 e. The van der Waals surface area contributed by atoms with Crippen LogP contribution in [0.15, 0.2) is 60.7 Å². The molecule has 0 aromatic heterocycles. The summed E-state index contributed by atoms with van der Waals surface area (Å²) in [5.74, 6) is -4.07. The molecule has 0 heterocycles. The van der Waals surface area contributed by atoms with E-state index in [0.29, 0.717) is 21.5 Å². The summed E-state index contributed by atoms with van der Waals surface area (Å²) in [6.45, 7) is 0. The third kappa shape index (κ3) is 3.69. The van der Waals surface area contributed by atoms with E-state index >= 15 is 0 Å². The van der Waals surface area contributed by atoms with E-state index in [2.05, 4.69) is 0 Å². The van der Waals surface area contributed by atoms with Gasteiger partial charge in [0.25, 0.3) is 0 Å². The first-order chi connectivity index (χ1) is 13.9. The number of benzene rings is 4. The molecule has 0 aliphatic heterocycles. The van der Waals surface area contributed by atoms with Crippen molar-refractivity contribution in [3.63, 3.8) is 0 Å². The van der Waals surface area contributed by atoms with Crippen molar-refractivity contribution in [1.82, 2.24) is 0 Å². The summed E-state index contributed by atoms with van der Waals surface area (Å²) in [4.78, 5) is 23.1. The molecule has 0 saturated carbocycles. The van der Waals surface area contributed by atoms with Gasteiger partial charge >= 0.3 is 49.7 Å². The molecule has 2 N–H and O–H groups in total. The minimum Gasteiger partial charge on any atom is -0.872 e. The molecule has 0 amide bonds. The van der Waals surface area contributed by atoms with Crippen molar-refractivity contribution < 1.29 is 30.0 Å². The molecule has 4 aromatic carbocycles. The number of fused-ring (bicyclic) bond motifs is 2. The predicted octanol–water partition coefficient (Wildman–Crippen LogP) is 2.75. The van der Waals surface area contributed by atoms with Crippen LogP contribution in [0, 0.1) is 0 Å². The van der Waals surface area contributed by atoms with Crippen molar-refractivity contribution >= 4 is 71.2 Å². The van der Waals surface area contributed by atoms with E-state index in [1.807, 2.05) is 0 Å². The summed E-state index contributed by atoms with van der Waals surface area (Å²) in [6.07, 6.45) is -0.166. The smallest absolute Gasteiger partial charge is 0.872 e. The zero-order valence-corrected chi connectivity index (χ0v) is 17.9. The van der Waals surface area contributed by atoms with E-state index in [-0.39, 0.29) is 66.4 Å². The summed E-state index contributed by atoms with van der Waals surface area (Å²) < 4.78 is 0. The zero-order chi connectivity index (χ0) is 20.7. The fraction of sp³-hybridized carbons (Fsp3) is 0.0435. The average Bonchev–Trinajstić information content (AvgIpc) is 2.70. The summed E-state index contributed by atoms with van der Waals surface area (Å²) >= 11 is 0. The molecule has 4 aromatic rings. The Bertz CT molecular complexity index is 1210. The fourth-order valence-electron chi connectivity index (χ4n) is 3.65. The zero-order valence-electron chi connectivity index (χ0n) is 15.7. The molecule has 0 atom stereocenters. The molecule has 0 spiro atoms. The predicted molar refractivity (Wildman–Crippen MR) is 109 cm³/mol. The molecular formula is C23H14CaO6. The van der Waals surface area contributed by atoms with E-state index in [4.69, 9.17) is 0 Å². The van der Waals surface area contributed by atoms with Crippen molar-refractivity contribution in [2.75, 3.05) is 0 Å². The van der Waals surface area contributed by atoms with Crippen molar-refractivity contribution in [3.8, 4) is 11.5 Å². The van der Waals surface area contributed by atoms with Gasteiger partial charge in [-0.25, -0.2) is 9.59 Å². The van der Waals surface area contributed by atoms with Crippen LogP contribution in [0.2, 0.25) is 0 Å². The van der Waals surface area contributed by atoms with Gasteiger partial charge in [0.2, 0.25) is 0 Å². The van der Waals surface area contributed by atoms with Gasteiger partial charge in [-0.2, -0.15) is 0 Å². The van der Waals surface area contributed by atoms with Crippen LogP contribution in [-0.2, 0) is 6.42 Å². The molecule has 144 valence electrons. The monoisotopic (exact) mass is 426 g/mol. The molecule has 30 heavy (non-hydrogen) atoms. The Kier molecular flexibility index (Phi) is 6.22. The van der Waals surface area contributed by atoms with Crippen LogP contribution in [0.3, 0.4) is 0 Å². The molecule has 6 nitrogen and oxygen atoms in total. The number of rotatable bonds is 4. The Balaban J connectivity index is 0.00000256. The first-order valence-corrected chi connectivity index (χ1v) is 8.78. The number of carboxylic acid groups (broad SMARTS) is 2. The molecule has 0 unspecified atom stereocenters. The minimum atomic E-state index is -1.35. The first-order valence-electron chi connectivity index (χ1n) is 8.78. The maximum Gasteiger partial charge on any atom is 2.00 e. The van der Waals surface area contributed by atoms with Crippen LogP contribution in [0.25, 0.3) is 21.5 Å². The van der Waals surface area contributed by atoms with Crippen molar-refractivity contribution in [2.24, 2.45) is 0 Å². The molecule has 7 heteroatoms. The van der Waals surface area contributed by atoms with Gasteiger partial charge in [-0.15, -0.1) is 0 Å². The van der Waals surface area contributed by atoms with E-state index in [1.165, 1.54) is 12.1 Å². The normalized spacial score (nSPS) is 10.7. The van der Waals surface area contributed by atoms with E-state index in [9.17, 15) is 30.0 Å². The molecule has 4 rings (SSSR count). The van der Waals surface area contributed by atoms with Crippen molar-refractivity contribution in [1.29, 1.82) is 0 Å². The molecular weight excluding hydrogens is 412 g/mol. The fourth-order valence-corrected chi connectivity index (χ4v) is 3.65. The van der Waals surface area contributed by atoms with Crippen molar-refractivity contribution in [2.45, 2.75) is 6.42 Å². The van der Waals surface area contributed by atoms with E-state index in [1.54, 1.807) is 48.5 Å². The van der Waals surface area contributed by atoms with Crippen LogP contribution in [0.5, 0.6) is 11.5 Å². The van der Waals surface area contributed by atoms with Crippen LogP contribution in [0.1, 0.15) is 31.8 Å². The number of carbonyl (C=O) groups is 2. The van der Waals surface area contributed by atoms with E-state index in [0.717, 1.165) is 0 Å². The van der Waals surface area contributed by atoms with Crippen molar-refractivity contribution in [3.05, 3.63) is 82.9 Å². The molecule has 0 saturated heterocycles. The second-order valence-corrected chi connectivity index (χ2v) is 6.69. The summed E-state index contributed by atoms with van der Waals surface area (Å²) in [5, 5.41) is 46.8. The number of hydrogen-bond donors (Lipinski definition) is 2. The minimum absolute atomic E-state index is 0. The van der Waals surface area contributed by atoms with Gasteiger partial charge < -0.3 is 20.4 Å². The third-order valence-electron chi connectivity index (χ3n) is 5.02. The summed E-state index contributed by atoms with van der Waals surface area (Å²) in [5.41, 5.74) is -0.453. The van der Waals surface area contributed by atoms with Crippen LogP contribution < -0.4 is 10.2 Å². The molecule has 0 aliphatic carbocycles. The Morgan fingerprint density at radius 1 is 0.700 bits per heavy atom. The Morgan fingerprint density at radius 3 is 1.43 bits per heavy atom. The number of aromatic carboxylic acids is 2. The van der Waals surface area contributed by atoms with Crippen LogP contribution >= 0.6 is 0 Å². The maximum atomic E-state index is 12.9. The van der Waals surface area contributed by atoms with E-state index < -0.39 is 23.4 Å². The molecule has 0 fully saturated rings. The Labute approximate surface area is 201 Å². The second-order valence-electron chi connectivity index (χ2n) is 6.69. The number of hydrogen-bond acceptors (Lipinski definition) is 4. The molecule has 0 aliphatic rings. The standard InChI is InChI=1S/C23H16O6.Ca/c24-20-16(14-7-3-1-5-12(14)9-18(20)22(26)27)11-17-15-8-4-2-6-13(15)10-19(21(17)25)23(28)29;/h1-10,24-25H,11H2,(H,26,27)(H,28,29);/q;+2/p-2. The first kappa shape index (κ1) is 21.9. The van der Waals surface area contributed by atoms with Crippen LogP contribution in [0.4, 0.5) is 0 Å². The molecule has 0 radical (unpaired) electrons. The van der Waals surface area contributed by atoms with Gasteiger partial charge in [-0.1, -0.05) is 60.0 Å². The SMILES string of the molecule is O=C(O)c1cc2ccccc2c(Cc2c([O-])c(C(=O)O)cc3ccccc23)c1[O-].[Ca+2].